The molecule has 1 unspecified atom stereocenters. The molecule has 1 atom stereocenters. The highest BCUT2D eigenvalue weighted by Gasteiger charge is 2.21. The second-order valence-electron chi connectivity index (χ2n) is 3.57. The zero-order chi connectivity index (χ0) is 13.9. The van der Waals surface area contributed by atoms with E-state index in [0.29, 0.717) is 6.07 Å². The van der Waals surface area contributed by atoms with Gasteiger partial charge in [-0.2, -0.15) is 0 Å². The first-order valence-corrected chi connectivity index (χ1v) is 5.00. The Morgan fingerprint density at radius 2 is 2.00 bits per heavy atom. The Bertz CT molecular complexity index is 491. The van der Waals surface area contributed by atoms with Crippen LogP contribution in [0.5, 0.6) is 0 Å². The quantitative estimate of drug-likeness (QED) is 0.621. The first-order chi connectivity index (χ1) is 8.36. The van der Waals surface area contributed by atoms with Gasteiger partial charge in [-0.3, -0.25) is 4.79 Å². The smallest absolute Gasteiger partial charge is 0.328 e. The van der Waals surface area contributed by atoms with Crippen LogP contribution in [0.15, 0.2) is 12.1 Å². The van der Waals surface area contributed by atoms with Crippen molar-refractivity contribution in [1.29, 1.82) is 0 Å². The molecule has 0 spiro atoms. The number of amides is 1. The van der Waals surface area contributed by atoms with Crippen LogP contribution in [0, 0.1) is 11.6 Å². The molecule has 0 heterocycles. The number of rotatable bonds is 3. The maximum atomic E-state index is 13.5. The summed E-state index contributed by atoms with van der Waals surface area (Å²) in [6, 6.07) is 0.479. The number of nitrogens with two attached hydrogens (primary N) is 1. The van der Waals surface area contributed by atoms with Crippen LogP contribution in [-0.2, 0) is 9.53 Å². The van der Waals surface area contributed by atoms with Crippen LogP contribution in [0.1, 0.15) is 17.3 Å². The number of hydrogen-bond acceptors (Lipinski definition) is 4. The molecule has 0 aliphatic rings. The van der Waals surface area contributed by atoms with Crippen LogP contribution in [0.25, 0.3) is 0 Å². The zero-order valence-electron chi connectivity index (χ0n) is 9.79. The molecule has 0 radical (unpaired) electrons. The lowest BCUT2D eigenvalue weighted by Gasteiger charge is -2.12. The molecule has 3 N–H and O–H groups in total. The molecular weight excluding hydrogens is 246 g/mol. The molecule has 1 amide bonds. The third kappa shape index (κ3) is 2.93. The van der Waals surface area contributed by atoms with Crippen LogP contribution in [0.4, 0.5) is 14.5 Å². The number of esters is 1. The highest BCUT2D eigenvalue weighted by atomic mass is 19.1. The Balaban J connectivity index is 2.95. The second-order valence-corrected chi connectivity index (χ2v) is 3.57. The Morgan fingerprint density at radius 1 is 1.39 bits per heavy atom. The monoisotopic (exact) mass is 258 g/mol. The summed E-state index contributed by atoms with van der Waals surface area (Å²) in [5, 5.41) is 2.17. The van der Waals surface area contributed by atoms with Crippen LogP contribution in [0.2, 0.25) is 0 Å². The van der Waals surface area contributed by atoms with Crippen molar-refractivity contribution in [2.75, 3.05) is 12.8 Å². The number of carbonyl (C=O) groups is 2. The van der Waals surface area contributed by atoms with Gasteiger partial charge in [-0.05, 0) is 19.1 Å². The SMILES string of the molecule is COC(=O)C(C)NC(=O)c1cc(F)cc(N)c1F. The summed E-state index contributed by atoms with van der Waals surface area (Å²) in [6.07, 6.45) is 0. The normalized spacial score (nSPS) is 11.8. The van der Waals surface area contributed by atoms with Crippen LogP contribution >= 0.6 is 0 Å². The van der Waals surface area contributed by atoms with E-state index < -0.39 is 40.8 Å². The molecule has 98 valence electrons. The molecule has 0 saturated carbocycles. The lowest BCUT2D eigenvalue weighted by Crippen LogP contribution is -2.39. The van der Waals surface area contributed by atoms with Crippen LogP contribution in [0.3, 0.4) is 0 Å². The van der Waals surface area contributed by atoms with Gasteiger partial charge in [0, 0.05) is 0 Å². The molecule has 0 aromatic heterocycles. The van der Waals surface area contributed by atoms with Crippen LogP contribution in [-0.4, -0.2) is 25.0 Å². The summed E-state index contributed by atoms with van der Waals surface area (Å²) in [7, 11) is 1.14. The highest BCUT2D eigenvalue weighted by Crippen LogP contribution is 2.17. The summed E-state index contributed by atoms with van der Waals surface area (Å²) >= 11 is 0. The number of methoxy groups -OCH3 is 1. The van der Waals surface area contributed by atoms with Gasteiger partial charge in [-0.25, -0.2) is 13.6 Å². The molecule has 1 aromatic rings. The summed E-state index contributed by atoms with van der Waals surface area (Å²) < 4.78 is 30.9. The predicted octanol–water partition coefficient (Wildman–Crippen LogP) is 0.838. The number of nitrogens with one attached hydrogen (secondary N) is 1. The average molecular weight is 258 g/mol. The van der Waals surface area contributed by atoms with Crippen LogP contribution < -0.4 is 11.1 Å². The van der Waals surface area contributed by atoms with Gasteiger partial charge in [-0.1, -0.05) is 0 Å². The summed E-state index contributed by atoms with van der Waals surface area (Å²) in [5.41, 5.74) is 4.14. The number of benzene rings is 1. The molecule has 0 aliphatic carbocycles. The third-order valence-corrected chi connectivity index (χ3v) is 2.21. The summed E-state index contributed by atoms with van der Waals surface area (Å²) in [4.78, 5) is 22.7. The van der Waals surface area contributed by atoms with Crippen molar-refractivity contribution < 1.29 is 23.1 Å². The van der Waals surface area contributed by atoms with E-state index in [4.69, 9.17) is 5.73 Å². The highest BCUT2D eigenvalue weighted by molar-refractivity contribution is 5.97. The summed E-state index contributed by atoms with van der Waals surface area (Å²) in [5.74, 6) is -3.53. The second kappa shape index (κ2) is 5.44. The van der Waals surface area contributed by atoms with Gasteiger partial charge in [-0.15, -0.1) is 0 Å². The standard InChI is InChI=1S/C11H12F2N2O3/c1-5(11(17)18-2)15-10(16)7-3-6(12)4-8(14)9(7)13/h3-5H,14H2,1-2H3,(H,15,16). The molecular formula is C11H12F2N2O3. The average Bonchev–Trinajstić information content (AvgIpc) is 2.32. The number of nitrogen functional groups attached to an aromatic ring is 1. The van der Waals surface area contributed by atoms with Gasteiger partial charge < -0.3 is 15.8 Å². The van der Waals surface area contributed by atoms with Crippen molar-refractivity contribution >= 4 is 17.6 Å². The van der Waals surface area contributed by atoms with Crippen molar-refractivity contribution in [2.45, 2.75) is 13.0 Å². The first kappa shape index (κ1) is 13.9. The van der Waals surface area contributed by atoms with Gasteiger partial charge in [0.05, 0.1) is 18.4 Å². The van der Waals surface area contributed by atoms with Crippen molar-refractivity contribution in [1.82, 2.24) is 5.32 Å². The maximum absolute atomic E-state index is 13.5. The molecule has 0 aliphatic heterocycles. The topological polar surface area (TPSA) is 81.4 Å². The van der Waals surface area contributed by atoms with Crippen molar-refractivity contribution in [3.05, 3.63) is 29.3 Å². The first-order valence-electron chi connectivity index (χ1n) is 5.00. The lowest BCUT2D eigenvalue weighted by molar-refractivity contribution is -0.142. The van der Waals surface area contributed by atoms with Gasteiger partial charge in [0.15, 0.2) is 5.82 Å². The molecule has 1 aromatic carbocycles. The largest absolute Gasteiger partial charge is 0.467 e. The molecule has 7 heteroatoms. The predicted molar refractivity (Wildman–Crippen MR) is 59.7 cm³/mol. The van der Waals surface area contributed by atoms with E-state index >= 15 is 0 Å². The van der Waals surface area contributed by atoms with Gasteiger partial charge in [0.2, 0.25) is 0 Å². The Labute approximate surface area is 102 Å². The number of halogens is 2. The number of hydrogen-bond donors (Lipinski definition) is 2. The minimum Gasteiger partial charge on any atom is -0.467 e. The molecule has 0 saturated heterocycles. The van der Waals surface area contributed by atoms with E-state index in [-0.39, 0.29) is 0 Å². The lowest BCUT2D eigenvalue weighted by atomic mass is 10.1. The van der Waals surface area contributed by atoms with Crippen molar-refractivity contribution in [3.8, 4) is 0 Å². The van der Waals surface area contributed by atoms with Gasteiger partial charge >= 0.3 is 5.97 Å². The zero-order valence-corrected chi connectivity index (χ0v) is 9.79. The Morgan fingerprint density at radius 3 is 2.56 bits per heavy atom. The molecule has 0 bridgehead atoms. The van der Waals surface area contributed by atoms with E-state index in [0.717, 1.165) is 13.2 Å². The van der Waals surface area contributed by atoms with E-state index in [1.807, 2.05) is 0 Å². The Hall–Kier alpha value is -2.18. The summed E-state index contributed by atoms with van der Waals surface area (Å²) in [6.45, 7) is 1.35. The molecule has 0 fully saturated rings. The van der Waals surface area contributed by atoms with E-state index in [1.165, 1.54) is 6.92 Å². The van der Waals surface area contributed by atoms with Crippen molar-refractivity contribution in [2.24, 2.45) is 0 Å². The number of anilines is 1. The minimum absolute atomic E-state index is 0.481. The fourth-order valence-corrected chi connectivity index (χ4v) is 1.29. The third-order valence-electron chi connectivity index (χ3n) is 2.21. The number of carbonyl (C=O) groups excluding carboxylic acids is 2. The maximum Gasteiger partial charge on any atom is 0.328 e. The van der Waals surface area contributed by atoms with Gasteiger partial charge in [0.25, 0.3) is 5.91 Å². The van der Waals surface area contributed by atoms with E-state index in [2.05, 4.69) is 10.1 Å². The van der Waals surface area contributed by atoms with E-state index in [9.17, 15) is 18.4 Å². The minimum atomic E-state index is -1.04. The molecule has 1 rings (SSSR count). The molecule has 5 nitrogen and oxygen atoms in total. The van der Waals surface area contributed by atoms with Crippen molar-refractivity contribution in [3.63, 3.8) is 0 Å². The van der Waals surface area contributed by atoms with E-state index in [1.54, 1.807) is 0 Å². The fourth-order valence-electron chi connectivity index (χ4n) is 1.29. The Kier molecular flexibility index (Phi) is 4.19. The number of ether oxygens (including phenoxy) is 1. The van der Waals surface area contributed by atoms with Gasteiger partial charge in [0.1, 0.15) is 11.9 Å². The molecule has 18 heavy (non-hydrogen) atoms. The fraction of sp³-hybridized carbons (Fsp3) is 0.273.